The van der Waals surface area contributed by atoms with Crippen molar-refractivity contribution in [3.63, 3.8) is 0 Å². The molecule has 1 amide bonds. The average molecular weight is 310 g/mol. The van der Waals surface area contributed by atoms with Gasteiger partial charge in [0.15, 0.2) is 10.6 Å². The van der Waals surface area contributed by atoms with E-state index < -0.39 is 12.1 Å². The number of piperazine rings is 1. The lowest BCUT2D eigenvalue weighted by Gasteiger charge is -2.39. The number of nitrogens with zero attached hydrogens (tertiary/aromatic N) is 5. The van der Waals surface area contributed by atoms with Crippen molar-refractivity contribution < 1.29 is 15.0 Å². The molecule has 0 unspecified atom stereocenters. The van der Waals surface area contributed by atoms with E-state index in [1.165, 1.54) is 16.2 Å². The summed E-state index contributed by atoms with van der Waals surface area (Å²) in [5, 5.41) is 18.5. The van der Waals surface area contributed by atoms with Gasteiger partial charge in [0.05, 0.1) is 18.2 Å². The van der Waals surface area contributed by atoms with Crippen LogP contribution in [0.15, 0.2) is 5.51 Å². The molecule has 112 valence electrons. The highest BCUT2D eigenvalue weighted by Crippen LogP contribution is 2.27. The minimum absolute atomic E-state index is 0.156. The second-order valence-electron chi connectivity index (χ2n) is 4.67. The molecule has 0 radical (unpaired) electrons. The number of nitrogen functional groups attached to an aromatic ring is 1. The summed E-state index contributed by atoms with van der Waals surface area (Å²) >= 11 is 1.37. The third kappa shape index (κ3) is 2.43. The maximum Gasteiger partial charge on any atom is 0.407 e. The Hall–Kier alpha value is -2.20. The topological polar surface area (TPSA) is 129 Å². The lowest BCUT2D eigenvalue weighted by atomic mass is 10.2. The Bertz CT molecular complexity index is 677. The fourth-order valence-corrected chi connectivity index (χ4v) is 3.10. The number of carbonyl (C=O) groups is 1. The van der Waals surface area contributed by atoms with Crippen LogP contribution in [0.3, 0.4) is 0 Å². The first-order chi connectivity index (χ1) is 10.1. The molecule has 0 bridgehead atoms. The molecule has 21 heavy (non-hydrogen) atoms. The Morgan fingerprint density at radius 1 is 1.48 bits per heavy atom. The minimum atomic E-state index is -1.03. The summed E-state index contributed by atoms with van der Waals surface area (Å²) in [5.74, 6) is 0.741. The van der Waals surface area contributed by atoms with Gasteiger partial charge in [0.2, 0.25) is 5.95 Å². The Morgan fingerprint density at radius 2 is 2.29 bits per heavy atom. The molecule has 0 spiro atoms. The molecule has 3 heterocycles. The van der Waals surface area contributed by atoms with Crippen molar-refractivity contribution in [2.24, 2.45) is 0 Å². The SMILES string of the molecule is Nc1nc(N2CCN(C(=O)O)[C@@H](CO)C2)c2ncsc2n1. The van der Waals surface area contributed by atoms with E-state index in [4.69, 9.17) is 10.8 Å². The lowest BCUT2D eigenvalue weighted by molar-refractivity contribution is 0.0909. The van der Waals surface area contributed by atoms with E-state index in [1.807, 2.05) is 4.90 Å². The second kappa shape index (κ2) is 5.30. The number of aromatic nitrogens is 3. The maximum absolute atomic E-state index is 11.1. The smallest absolute Gasteiger partial charge is 0.407 e. The van der Waals surface area contributed by atoms with Gasteiger partial charge in [0.1, 0.15) is 5.52 Å². The number of hydrogen-bond acceptors (Lipinski definition) is 8. The summed E-state index contributed by atoms with van der Waals surface area (Å²) in [4.78, 5) is 27.5. The number of carboxylic acid groups (broad SMARTS) is 1. The first-order valence-electron chi connectivity index (χ1n) is 6.32. The molecule has 1 saturated heterocycles. The average Bonchev–Trinajstić information content (AvgIpc) is 2.93. The van der Waals surface area contributed by atoms with Crippen LogP contribution < -0.4 is 10.6 Å². The molecule has 1 aliphatic rings. The number of rotatable bonds is 2. The zero-order valence-electron chi connectivity index (χ0n) is 11.0. The highest BCUT2D eigenvalue weighted by molar-refractivity contribution is 7.16. The maximum atomic E-state index is 11.1. The first kappa shape index (κ1) is 13.8. The van der Waals surface area contributed by atoms with Crippen LogP contribution >= 0.6 is 11.3 Å². The molecular weight excluding hydrogens is 296 g/mol. The normalized spacial score (nSPS) is 19.2. The van der Waals surface area contributed by atoms with Crippen LogP contribution in [0.2, 0.25) is 0 Å². The van der Waals surface area contributed by atoms with Gasteiger partial charge in [-0.25, -0.2) is 14.8 Å². The van der Waals surface area contributed by atoms with Crippen molar-refractivity contribution in [1.29, 1.82) is 0 Å². The number of amides is 1. The summed E-state index contributed by atoms with van der Waals surface area (Å²) in [7, 11) is 0. The zero-order chi connectivity index (χ0) is 15.0. The van der Waals surface area contributed by atoms with Crippen LogP contribution in [0.4, 0.5) is 16.6 Å². The quantitative estimate of drug-likeness (QED) is 0.697. The molecule has 1 fully saturated rings. The number of aliphatic hydroxyl groups is 1. The number of thiazole rings is 1. The number of fused-ring (bicyclic) bond motifs is 1. The molecule has 2 aromatic rings. The van der Waals surface area contributed by atoms with E-state index in [0.717, 1.165) is 0 Å². The van der Waals surface area contributed by atoms with Crippen molar-refractivity contribution in [3.8, 4) is 0 Å². The number of hydrogen-bond donors (Lipinski definition) is 3. The van der Waals surface area contributed by atoms with Gasteiger partial charge in [-0.15, -0.1) is 11.3 Å². The number of anilines is 2. The van der Waals surface area contributed by atoms with Crippen LogP contribution in [0.5, 0.6) is 0 Å². The van der Waals surface area contributed by atoms with E-state index in [-0.39, 0.29) is 19.1 Å². The first-order valence-corrected chi connectivity index (χ1v) is 7.20. The van der Waals surface area contributed by atoms with E-state index in [0.29, 0.717) is 29.3 Å². The highest BCUT2D eigenvalue weighted by Gasteiger charge is 2.31. The zero-order valence-corrected chi connectivity index (χ0v) is 11.8. The van der Waals surface area contributed by atoms with Crippen molar-refractivity contribution in [3.05, 3.63) is 5.51 Å². The van der Waals surface area contributed by atoms with Gasteiger partial charge in [-0.3, -0.25) is 4.90 Å². The summed E-state index contributed by atoms with van der Waals surface area (Å²) < 4.78 is 0. The predicted molar refractivity (Wildman–Crippen MR) is 77.4 cm³/mol. The van der Waals surface area contributed by atoms with Gasteiger partial charge in [-0.1, -0.05) is 0 Å². The third-order valence-corrected chi connectivity index (χ3v) is 4.15. The summed E-state index contributed by atoms with van der Waals surface area (Å²) in [6, 6.07) is -0.499. The Kier molecular flexibility index (Phi) is 3.47. The van der Waals surface area contributed by atoms with Crippen LogP contribution in [-0.2, 0) is 0 Å². The molecule has 1 aliphatic heterocycles. The molecule has 0 aliphatic carbocycles. The van der Waals surface area contributed by atoms with E-state index in [9.17, 15) is 9.90 Å². The van der Waals surface area contributed by atoms with Crippen LogP contribution in [-0.4, -0.2) is 68.4 Å². The molecule has 2 aromatic heterocycles. The fraction of sp³-hybridized carbons (Fsp3) is 0.455. The van der Waals surface area contributed by atoms with Crippen LogP contribution in [0.25, 0.3) is 10.3 Å². The number of nitrogens with two attached hydrogens (primary N) is 1. The number of aliphatic hydroxyl groups excluding tert-OH is 1. The molecule has 4 N–H and O–H groups in total. The van der Waals surface area contributed by atoms with Gasteiger partial charge in [-0.2, -0.15) is 4.98 Å². The van der Waals surface area contributed by atoms with Gasteiger partial charge in [0.25, 0.3) is 0 Å². The van der Waals surface area contributed by atoms with Gasteiger partial charge in [0, 0.05) is 19.6 Å². The van der Waals surface area contributed by atoms with Crippen LogP contribution in [0.1, 0.15) is 0 Å². The molecule has 3 rings (SSSR count). The molecule has 0 aromatic carbocycles. The van der Waals surface area contributed by atoms with Crippen LogP contribution in [0, 0.1) is 0 Å². The lowest BCUT2D eigenvalue weighted by Crippen LogP contribution is -2.56. The van der Waals surface area contributed by atoms with Crippen molar-refractivity contribution in [1.82, 2.24) is 19.9 Å². The molecule has 9 nitrogen and oxygen atoms in total. The standard InChI is InChI=1S/C11H14N6O3S/c12-10-14-8(7-9(15-10)21-5-13-7)16-1-2-17(11(19)20)6(3-16)4-18/h5-6,18H,1-4H2,(H,19,20)(H2,12,14,15)/t6-/m1/s1. The minimum Gasteiger partial charge on any atom is -0.465 e. The van der Waals surface area contributed by atoms with Gasteiger partial charge < -0.3 is 20.8 Å². The summed E-state index contributed by atoms with van der Waals surface area (Å²) in [6.07, 6.45) is -1.03. The summed E-state index contributed by atoms with van der Waals surface area (Å²) in [6.45, 7) is 0.845. The van der Waals surface area contributed by atoms with Gasteiger partial charge in [-0.05, 0) is 0 Å². The largest absolute Gasteiger partial charge is 0.465 e. The van der Waals surface area contributed by atoms with E-state index >= 15 is 0 Å². The Labute approximate surface area is 123 Å². The molecule has 0 saturated carbocycles. The van der Waals surface area contributed by atoms with Crippen molar-refractivity contribution in [2.45, 2.75) is 6.04 Å². The van der Waals surface area contributed by atoms with Gasteiger partial charge >= 0.3 is 6.09 Å². The monoisotopic (exact) mass is 310 g/mol. The fourth-order valence-electron chi connectivity index (χ4n) is 2.44. The highest BCUT2D eigenvalue weighted by atomic mass is 32.1. The summed E-state index contributed by atoms with van der Waals surface area (Å²) in [5.41, 5.74) is 8.02. The third-order valence-electron chi connectivity index (χ3n) is 3.44. The Balaban J connectivity index is 1.93. The van der Waals surface area contributed by atoms with E-state index in [1.54, 1.807) is 5.51 Å². The van der Waals surface area contributed by atoms with Crippen molar-refractivity contribution in [2.75, 3.05) is 36.9 Å². The molecular formula is C11H14N6O3S. The van der Waals surface area contributed by atoms with Crippen molar-refractivity contribution >= 4 is 39.5 Å². The second-order valence-corrected chi connectivity index (χ2v) is 5.50. The molecule has 10 heteroatoms. The van der Waals surface area contributed by atoms with E-state index in [2.05, 4.69) is 15.0 Å². The predicted octanol–water partition coefficient (Wildman–Crippen LogP) is -0.171. The Morgan fingerprint density at radius 3 is 3.00 bits per heavy atom. The molecule has 1 atom stereocenters.